The third-order valence-corrected chi connectivity index (χ3v) is 5.01. The van der Waals surface area contributed by atoms with Crippen LogP contribution in [0.15, 0.2) is 24.3 Å². The van der Waals surface area contributed by atoms with Gasteiger partial charge in [0.1, 0.15) is 5.82 Å². The summed E-state index contributed by atoms with van der Waals surface area (Å²) in [5.74, 6) is 0.363. The van der Waals surface area contributed by atoms with Gasteiger partial charge in [0.2, 0.25) is 5.91 Å². The summed E-state index contributed by atoms with van der Waals surface area (Å²) in [5.41, 5.74) is 1.03. The molecule has 0 aromatic heterocycles. The lowest BCUT2D eigenvalue weighted by Gasteiger charge is -2.26. The van der Waals surface area contributed by atoms with E-state index in [0.717, 1.165) is 37.8 Å². The van der Waals surface area contributed by atoms with Gasteiger partial charge in [-0.2, -0.15) is 0 Å². The smallest absolute Gasteiger partial charge is 0.222 e. The fraction of sp³-hybridized carbons (Fsp3) is 0.611. The number of amides is 1. The third kappa shape index (κ3) is 3.86. The van der Waals surface area contributed by atoms with Gasteiger partial charge in [-0.3, -0.25) is 4.79 Å². The Hall–Kier alpha value is -1.42. The molecule has 1 aromatic rings. The second kappa shape index (κ2) is 7.23. The van der Waals surface area contributed by atoms with Crippen LogP contribution >= 0.6 is 0 Å². The van der Waals surface area contributed by atoms with Crippen molar-refractivity contribution in [2.75, 3.05) is 6.54 Å². The number of carbonyl (C=O) groups is 1. The first-order valence-corrected chi connectivity index (χ1v) is 8.50. The number of benzene rings is 1. The highest BCUT2D eigenvalue weighted by molar-refractivity contribution is 5.77. The van der Waals surface area contributed by atoms with Crippen LogP contribution in [-0.4, -0.2) is 18.5 Å². The second-order valence-corrected chi connectivity index (χ2v) is 6.64. The van der Waals surface area contributed by atoms with Crippen LogP contribution in [0.25, 0.3) is 0 Å². The van der Waals surface area contributed by atoms with Crippen molar-refractivity contribution in [2.45, 2.75) is 57.0 Å². The minimum absolute atomic E-state index is 0.0250. The van der Waals surface area contributed by atoms with Crippen LogP contribution in [0.5, 0.6) is 0 Å². The van der Waals surface area contributed by atoms with E-state index in [-0.39, 0.29) is 17.8 Å². The van der Waals surface area contributed by atoms with E-state index in [1.165, 1.54) is 25.0 Å². The summed E-state index contributed by atoms with van der Waals surface area (Å²) >= 11 is 0. The molecule has 0 bridgehead atoms. The van der Waals surface area contributed by atoms with Crippen molar-refractivity contribution >= 4 is 5.91 Å². The van der Waals surface area contributed by atoms with E-state index in [4.69, 9.17) is 0 Å². The quantitative estimate of drug-likeness (QED) is 0.876. The van der Waals surface area contributed by atoms with Gasteiger partial charge in [0, 0.05) is 12.5 Å². The highest BCUT2D eigenvalue weighted by Crippen LogP contribution is 2.35. The molecular weight excluding hydrogens is 279 g/mol. The molecule has 2 aliphatic rings. The molecule has 0 radical (unpaired) electrons. The van der Waals surface area contributed by atoms with Gasteiger partial charge < -0.3 is 10.6 Å². The van der Waals surface area contributed by atoms with Gasteiger partial charge in [0.05, 0.1) is 6.04 Å². The van der Waals surface area contributed by atoms with Crippen molar-refractivity contribution in [2.24, 2.45) is 5.92 Å². The first kappa shape index (κ1) is 15.5. The Kier molecular flexibility index (Phi) is 5.08. The summed E-state index contributed by atoms with van der Waals surface area (Å²) < 4.78 is 13.2. The molecule has 4 heteroatoms. The predicted octanol–water partition coefficient (Wildman–Crippen LogP) is 3.32. The Morgan fingerprint density at radius 2 is 1.91 bits per heavy atom. The molecule has 22 heavy (non-hydrogen) atoms. The van der Waals surface area contributed by atoms with Crippen molar-refractivity contribution in [3.05, 3.63) is 35.6 Å². The predicted molar refractivity (Wildman–Crippen MR) is 84.9 cm³/mol. The summed E-state index contributed by atoms with van der Waals surface area (Å²) in [5, 5.41) is 6.59. The molecule has 1 aliphatic carbocycles. The highest BCUT2D eigenvalue weighted by Gasteiger charge is 2.28. The van der Waals surface area contributed by atoms with Gasteiger partial charge in [-0.05, 0) is 55.8 Å². The minimum atomic E-state index is -0.226. The zero-order chi connectivity index (χ0) is 15.4. The van der Waals surface area contributed by atoms with Gasteiger partial charge in [0.15, 0.2) is 0 Å². The van der Waals surface area contributed by atoms with Crippen molar-refractivity contribution in [3.63, 3.8) is 0 Å². The molecule has 2 fully saturated rings. The Balaban J connectivity index is 1.67. The van der Waals surface area contributed by atoms with Gasteiger partial charge in [-0.25, -0.2) is 4.39 Å². The van der Waals surface area contributed by atoms with Gasteiger partial charge >= 0.3 is 0 Å². The van der Waals surface area contributed by atoms with Crippen LogP contribution < -0.4 is 10.6 Å². The van der Waals surface area contributed by atoms with Gasteiger partial charge in [0.25, 0.3) is 0 Å². The molecule has 1 heterocycles. The van der Waals surface area contributed by atoms with Crippen LogP contribution in [0.3, 0.4) is 0 Å². The Labute approximate surface area is 131 Å². The molecule has 1 saturated heterocycles. The number of rotatable bonds is 5. The zero-order valence-electron chi connectivity index (χ0n) is 13.0. The number of carbonyl (C=O) groups excluding carboxylic acids is 1. The van der Waals surface area contributed by atoms with E-state index in [0.29, 0.717) is 18.4 Å². The van der Waals surface area contributed by atoms with Crippen molar-refractivity contribution < 1.29 is 9.18 Å². The molecule has 3 nitrogen and oxygen atoms in total. The molecule has 2 unspecified atom stereocenters. The largest absolute Gasteiger partial charge is 0.349 e. The molecule has 1 saturated carbocycles. The van der Waals surface area contributed by atoms with E-state index >= 15 is 0 Å². The molecule has 2 N–H and O–H groups in total. The van der Waals surface area contributed by atoms with Crippen molar-refractivity contribution in [3.8, 4) is 0 Å². The first-order chi connectivity index (χ1) is 10.7. The lowest BCUT2D eigenvalue weighted by atomic mass is 9.91. The van der Waals surface area contributed by atoms with Crippen molar-refractivity contribution in [1.82, 2.24) is 10.6 Å². The fourth-order valence-electron chi connectivity index (χ4n) is 3.82. The molecular formula is C18H25FN2O. The maximum Gasteiger partial charge on any atom is 0.222 e. The molecule has 0 spiro atoms. The van der Waals surface area contributed by atoms with Crippen LogP contribution in [0, 0.1) is 11.7 Å². The number of hydrogen-bond acceptors (Lipinski definition) is 2. The average molecular weight is 304 g/mol. The standard InChI is InChI=1S/C18H25FN2O/c19-15-9-7-14(8-10-15)18(13-4-1-2-5-13)21-17(22)12-16-6-3-11-20-16/h7-10,13,16,18,20H,1-6,11-12H2,(H,21,22). The molecule has 120 valence electrons. The maximum atomic E-state index is 13.2. The van der Waals surface area contributed by atoms with E-state index in [1.807, 2.05) is 12.1 Å². The van der Waals surface area contributed by atoms with Crippen LogP contribution in [-0.2, 0) is 4.79 Å². The Morgan fingerprint density at radius 1 is 1.18 bits per heavy atom. The summed E-state index contributed by atoms with van der Waals surface area (Å²) in [6.07, 6.45) is 7.52. The Morgan fingerprint density at radius 3 is 2.55 bits per heavy atom. The summed E-state index contributed by atoms with van der Waals surface area (Å²) in [7, 11) is 0. The topological polar surface area (TPSA) is 41.1 Å². The number of halogens is 1. The van der Waals surface area contributed by atoms with Crippen molar-refractivity contribution in [1.29, 1.82) is 0 Å². The molecule has 1 amide bonds. The lowest BCUT2D eigenvalue weighted by molar-refractivity contribution is -0.122. The van der Waals surface area contributed by atoms with Crippen LogP contribution in [0.2, 0.25) is 0 Å². The molecule has 3 rings (SSSR count). The van der Waals surface area contributed by atoms with E-state index in [2.05, 4.69) is 10.6 Å². The summed E-state index contributed by atoms with van der Waals surface area (Å²) in [4.78, 5) is 12.4. The third-order valence-electron chi connectivity index (χ3n) is 5.01. The lowest BCUT2D eigenvalue weighted by Crippen LogP contribution is -2.36. The fourth-order valence-corrected chi connectivity index (χ4v) is 3.82. The average Bonchev–Trinajstić information content (AvgIpc) is 3.19. The zero-order valence-corrected chi connectivity index (χ0v) is 13.0. The Bertz CT molecular complexity index is 490. The first-order valence-electron chi connectivity index (χ1n) is 8.50. The van der Waals surface area contributed by atoms with Crippen LogP contribution in [0.4, 0.5) is 4.39 Å². The molecule has 2 atom stereocenters. The maximum absolute atomic E-state index is 13.2. The van der Waals surface area contributed by atoms with Crippen LogP contribution in [0.1, 0.15) is 56.6 Å². The van der Waals surface area contributed by atoms with E-state index in [9.17, 15) is 9.18 Å². The normalized spacial score (nSPS) is 23.6. The SMILES string of the molecule is O=C(CC1CCCN1)NC(c1ccc(F)cc1)C1CCCC1. The second-order valence-electron chi connectivity index (χ2n) is 6.64. The van der Waals surface area contributed by atoms with E-state index < -0.39 is 0 Å². The monoisotopic (exact) mass is 304 g/mol. The van der Waals surface area contributed by atoms with Gasteiger partial charge in [-0.1, -0.05) is 25.0 Å². The molecule has 1 aliphatic heterocycles. The number of hydrogen-bond donors (Lipinski definition) is 2. The molecule has 1 aromatic carbocycles. The number of nitrogens with one attached hydrogen (secondary N) is 2. The van der Waals surface area contributed by atoms with E-state index in [1.54, 1.807) is 0 Å². The summed E-state index contributed by atoms with van der Waals surface area (Å²) in [6, 6.07) is 6.94. The van der Waals surface area contributed by atoms with Gasteiger partial charge in [-0.15, -0.1) is 0 Å². The highest BCUT2D eigenvalue weighted by atomic mass is 19.1. The minimum Gasteiger partial charge on any atom is -0.349 e. The summed E-state index contributed by atoms with van der Waals surface area (Å²) in [6.45, 7) is 1.02.